The predicted octanol–water partition coefficient (Wildman–Crippen LogP) is -0.239. The Morgan fingerprint density at radius 1 is 1.24 bits per heavy atom. The average molecular weight is 317 g/mol. The number of sulfonamides is 1. The van der Waals surface area contributed by atoms with Crippen molar-refractivity contribution in [3.8, 4) is 5.75 Å². The van der Waals surface area contributed by atoms with Crippen molar-refractivity contribution < 1.29 is 28.2 Å². The zero-order valence-electron chi connectivity index (χ0n) is 11.1. The first-order valence-electron chi connectivity index (χ1n) is 5.75. The van der Waals surface area contributed by atoms with Gasteiger partial charge in [-0.1, -0.05) is 0 Å². The van der Waals surface area contributed by atoms with Gasteiger partial charge in [-0.3, -0.25) is 0 Å². The van der Waals surface area contributed by atoms with E-state index in [-0.39, 0.29) is 24.3 Å². The summed E-state index contributed by atoms with van der Waals surface area (Å²) in [5, 5.41) is 22.9. The molecule has 0 fully saturated rings. The normalized spacial score (nSPS) is 10.9. The number of carboxylic acids is 1. The van der Waals surface area contributed by atoms with Gasteiger partial charge < -0.3 is 20.8 Å². The molecule has 0 spiro atoms. The smallest absolute Gasteiger partial charge is 0.339 e. The van der Waals surface area contributed by atoms with Crippen molar-refractivity contribution >= 4 is 27.7 Å². The highest BCUT2D eigenvalue weighted by Crippen LogP contribution is 2.21. The van der Waals surface area contributed by atoms with Gasteiger partial charge in [-0.25, -0.2) is 22.7 Å². The first-order chi connectivity index (χ1) is 9.69. The van der Waals surface area contributed by atoms with Crippen LogP contribution in [0.15, 0.2) is 18.2 Å². The number of carbonyl (C=O) groups is 2. The Bertz CT molecular complexity index is 643. The lowest BCUT2D eigenvalue weighted by Gasteiger charge is -2.09. The summed E-state index contributed by atoms with van der Waals surface area (Å²) in [6.45, 7) is 0.105. The summed E-state index contributed by atoms with van der Waals surface area (Å²) in [5.41, 5.74) is -0.0793. The molecule has 0 unspecified atom stereocenters. The quantitative estimate of drug-likeness (QED) is 0.458. The van der Waals surface area contributed by atoms with Crippen LogP contribution in [0.4, 0.5) is 10.5 Å². The van der Waals surface area contributed by atoms with Crippen LogP contribution in [-0.4, -0.2) is 50.0 Å². The molecule has 116 valence electrons. The standard InChI is InChI=1S/C11H15N3O6S/c1-21(19,20)13-5-4-12-11(18)14-7-2-3-8(10(16)17)9(15)6-7/h2-3,6,13,15H,4-5H2,1H3,(H,16,17)(H2,12,14,18). The van der Waals surface area contributed by atoms with Crippen LogP contribution >= 0.6 is 0 Å². The fourth-order valence-electron chi connectivity index (χ4n) is 1.38. The number of benzene rings is 1. The van der Waals surface area contributed by atoms with Crippen LogP contribution < -0.4 is 15.4 Å². The monoisotopic (exact) mass is 317 g/mol. The number of anilines is 1. The van der Waals surface area contributed by atoms with Crippen molar-refractivity contribution in [3.05, 3.63) is 23.8 Å². The number of urea groups is 1. The molecule has 0 saturated carbocycles. The third kappa shape index (κ3) is 6.10. The van der Waals surface area contributed by atoms with E-state index in [9.17, 15) is 23.1 Å². The SMILES string of the molecule is CS(=O)(=O)NCCNC(=O)Nc1ccc(C(=O)O)c(O)c1. The lowest BCUT2D eigenvalue weighted by atomic mass is 10.2. The Kier molecular flexibility index (Phi) is 5.50. The van der Waals surface area contributed by atoms with Gasteiger partial charge in [0.1, 0.15) is 11.3 Å². The molecule has 5 N–H and O–H groups in total. The lowest BCUT2D eigenvalue weighted by molar-refractivity contribution is 0.0693. The van der Waals surface area contributed by atoms with E-state index in [1.165, 1.54) is 6.07 Å². The second-order valence-electron chi connectivity index (χ2n) is 4.08. The Morgan fingerprint density at radius 3 is 2.43 bits per heavy atom. The highest BCUT2D eigenvalue weighted by molar-refractivity contribution is 7.88. The maximum atomic E-state index is 11.5. The van der Waals surface area contributed by atoms with Crippen LogP contribution in [0.2, 0.25) is 0 Å². The van der Waals surface area contributed by atoms with Gasteiger partial charge in [-0.2, -0.15) is 0 Å². The van der Waals surface area contributed by atoms with E-state index in [1.807, 2.05) is 0 Å². The zero-order chi connectivity index (χ0) is 16.0. The molecule has 0 radical (unpaired) electrons. The summed E-state index contributed by atoms with van der Waals surface area (Å²) in [6, 6.07) is 2.95. The lowest BCUT2D eigenvalue weighted by Crippen LogP contribution is -2.36. The molecule has 2 amide bonds. The highest BCUT2D eigenvalue weighted by Gasteiger charge is 2.10. The molecule has 0 aromatic heterocycles. The Balaban J connectivity index is 2.48. The molecule has 1 aromatic rings. The maximum absolute atomic E-state index is 11.5. The van der Waals surface area contributed by atoms with Crippen LogP contribution in [0.5, 0.6) is 5.75 Å². The van der Waals surface area contributed by atoms with Crippen molar-refractivity contribution in [1.82, 2.24) is 10.0 Å². The number of aromatic hydroxyl groups is 1. The van der Waals surface area contributed by atoms with Gasteiger partial charge >= 0.3 is 12.0 Å². The number of hydrogen-bond donors (Lipinski definition) is 5. The number of rotatable bonds is 6. The van der Waals surface area contributed by atoms with E-state index < -0.39 is 27.8 Å². The van der Waals surface area contributed by atoms with Crippen LogP contribution in [-0.2, 0) is 10.0 Å². The fraction of sp³-hybridized carbons (Fsp3) is 0.273. The summed E-state index contributed by atoms with van der Waals surface area (Å²) < 4.78 is 23.7. The molecule has 0 saturated heterocycles. The molecule has 9 nitrogen and oxygen atoms in total. The maximum Gasteiger partial charge on any atom is 0.339 e. The Morgan fingerprint density at radius 2 is 1.90 bits per heavy atom. The van der Waals surface area contributed by atoms with Crippen LogP contribution in [0, 0.1) is 0 Å². The van der Waals surface area contributed by atoms with Crippen molar-refractivity contribution in [2.45, 2.75) is 0 Å². The number of aromatic carboxylic acids is 1. The molecule has 1 rings (SSSR count). The molecular weight excluding hydrogens is 302 g/mol. The van der Waals surface area contributed by atoms with E-state index in [1.54, 1.807) is 0 Å². The van der Waals surface area contributed by atoms with E-state index in [0.29, 0.717) is 0 Å². The molecule has 0 aliphatic heterocycles. The van der Waals surface area contributed by atoms with E-state index in [4.69, 9.17) is 5.11 Å². The second kappa shape index (κ2) is 6.90. The van der Waals surface area contributed by atoms with Crippen LogP contribution in [0.3, 0.4) is 0 Å². The van der Waals surface area contributed by atoms with Gasteiger partial charge in [0.05, 0.1) is 6.26 Å². The number of carbonyl (C=O) groups excluding carboxylic acids is 1. The fourth-order valence-corrected chi connectivity index (χ4v) is 1.85. The zero-order valence-corrected chi connectivity index (χ0v) is 11.9. The van der Waals surface area contributed by atoms with E-state index in [2.05, 4.69) is 15.4 Å². The van der Waals surface area contributed by atoms with Crippen molar-refractivity contribution in [3.63, 3.8) is 0 Å². The molecule has 1 aromatic carbocycles. The average Bonchev–Trinajstić information content (AvgIpc) is 2.33. The third-order valence-electron chi connectivity index (χ3n) is 2.26. The van der Waals surface area contributed by atoms with E-state index >= 15 is 0 Å². The number of phenols is 1. The summed E-state index contributed by atoms with van der Waals surface area (Å²) in [7, 11) is -3.31. The first kappa shape index (κ1) is 16.7. The van der Waals surface area contributed by atoms with Gasteiger partial charge in [0, 0.05) is 24.8 Å². The number of carboxylic acid groups (broad SMARTS) is 1. The van der Waals surface area contributed by atoms with Gasteiger partial charge in [-0.05, 0) is 12.1 Å². The minimum absolute atomic E-state index is 0.0372. The predicted molar refractivity (Wildman–Crippen MR) is 74.9 cm³/mol. The number of hydrogen-bond acceptors (Lipinski definition) is 5. The van der Waals surface area contributed by atoms with Crippen LogP contribution in [0.25, 0.3) is 0 Å². The molecule has 0 aliphatic rings. The third-order valence-corrected chi connectivity index (χ3v) is 2.99. The Labute approximate surface area is 121 Å². The molecule has 0 heterocycles. The van der Waals surface area contributed by atoms with Crippen molar-refractivity contribution in [2.24, 2.45) is 0 Å². The molecule has 21 heavy (non-hydrogen) atoms. The summed E-state index contributed by atoms with van der Waals surface area (Å²) >= 11 is 0. The van der Waals surface area contributed by atoms with Gasteiger partial charge in [0.2, 0.25) is 10.0 Å². The van der Waals surface area contributed by atoms with E-state index in [0.717, 1.165) is 18.4 Å². The minimum atomic E-state index is -3.31. The minimum Gasteiger partial charge on any atom is -0.507 e. The van der Waals surface area contributed by atoms with Gasteiger partial charge in [0.15, 0.2) is 0 Å². The van der Waals surface area contributed by atoms with Gasteiger partial charge in [0.25, 0.3) is 0 Å². The van der Waals surface area contributed by atoms with Crippen molar-refractivity contribution in [2.75, 3.05) is 24.7 Å². The largest absolute Gasteiger partial charge is 0.507 e. The summed E-state index contributed by atoms with van der Waals surface area (Å²) in [5.74, 6) is -1.76. The topological polar surface area (TPSA) is 145 Å². The Hall–Kier alpha value is -2.33. The molecular formula is C11H15N3O6S. The summed E-state index contributed by atoms with van der Waals surface area (Å²) in [6.07, 6.45) is 1.000. The van der Waals surface area contributed by atoms with Gasteiger partial charge in [-0.15, -0.1) is 0 Å². The summed E-state index contributed by atoms with van der Waals surface area (Å²) in [4.78, 5) is 22.2. The molecule has 0 atom stereocenters. The number of amides is 2. The molecule has 10 heteroatoms. The first-order valence-corrected chi connectivity index (χ1v) is 7.64. The van der Waals surface area contributed by atoms with Crippen LogP contribution in [0.1, 0.15) is 10.4 Å². The van der Waals surface area contributed by atoms with Crippen molar-refractivity contribution in [1.29, 1.82) is 0 Å². The second-order valence-corrected chi connectivity index (χ2v) is 5.92. The molecule has 0 aliphatic carbocycles. The number of nitrogens with one attached hydrogen (secondary N) is 3. The molecule has 0 bridgehead atoms. The highest BCUT2D eigenvalue weighted by atomic mass is 32.2.